The number of rotatable bonds is 5. The molecule has 5 aromatic carbocycles. The first-order valence-corrected chi connectivity index (χ1v) is 13.3. The van der Waals surface area contributed by atoms with Gasteiger partial charge in [-0.25, -0.2) is 0 Å². The highest BCUT2D eigenvalue weighted by Gasteiger charge is 2.35. The molecule has 0 radical (unpaired) electrons. The Morgan fingerprint density at radius 3 is 2.26 bits per heavy atom. The molecule has 0 fully saturated rings. The average molecular weight is 518 g/mol. The van der Waals surface area contributed by atoms with E-state index in [4.69, 9.17) is 0 Å². The fourth-order valence-electron chi connectivity index (χ4n) is 5.96. The van der Waals surface area contributed by atoms with Crippen molar-refractivity contribution in [3.05, 3.63) is 141 Å². The van der Waals surface area contributed by atoms with Crippen molar-refractivity contribution in [2.24, 2.45) is 0 Å². The highest BCUT2D eigenvalue weighted by atomic mass is 79.9. The van der Waals surface area contributed by atoms with Crippen LogP contribution in [0.25, 0.3) is 21.9 Å². The van der Waals surface area contributed by atoms with Gasteiger partial charge in [-0.1, -0.05) is 127 Å². The van der Waals surface area contributed by atoms with Gasteiger partial charge in [-0.15, -0.1) is 0 Å². The Morgan fingerprint density at radius 2 is 1.40 bits per heavy atom. The molecule has 1 unspecified atom stereocenters. The van der Waals surface area contributed by atoms with Gasteiger partial charge in [-0.2, -0.15) is 0 Å². The van der Waals surface area contributed by atoms with Crippen LogP contribution in [-0.2, 0) is 11.8 Å². The van der Waals surface area contributed by atoms with E-state index in [-0.39, 0.29) is 5.41 Å². The fourth-order valence-corrected chi connectivity index (χ4v) is 6.22. The molecular formula is C34H29Br. The second kappa shape index (κ2) is 8.81. The van der Waals surface area contributed by atoms with Crippen LogP contribution in [0.2, 0.25) is 0 Å². The second-order valence-electron chi connectivity index (χ2n) is 10.3. The zero-order valence-electron chi connectivity index (χ0n) is 20.3. The second-order valence-corrected chi connectivity index (χ2v) is 11.2. The summed E-state index contributed by atoms with van der Waals surface area (Å²) in [5.41, 5.74) is 9.89. The van der Waals surface area contributed by atoms with Gasteiger partial charge in [0.25, 0.3) is 0 Å². The molecule has 6 rings (SSSR count). The molecule has 0 saturated carbocycles. The summed E-state index contributed by atoms with van der Waals surface area (Å²) in [6.07, 6.45) is 2.11. The Kier molecular flexibility index (Phi) is 5.61. The molecule has 1 aliphatic rings. The van der Waals surface area contributed by atoms with E-state index in [1.165, 1.54) is 49.7 Å². The lowest BCUT2D eigenvalue weighted by atomic mass is 9.79. The van der Waals surface area contributed by atoms with Gasteiger partial charge in [0, 0.05) is 15.8 Å². The van der Waals surface area contributed by atoms with Gasteiger partial charge in [0.05, 0.1) is 0 Å². The van der Waals surface area contributed by atoms with E-state index in [1.807, 2.05) is 0 Å². The summed E-state index contributed by atoms with van der Waals surface area (Å²) in [5, 5.41) is 2.67. The molecule has 0 saturated heterocycles. The zero-order chi connectivity index (χ0) is 24.0. The summed E-state index contributed by atoms with van der Waals surface area (Å²) in [6.45, 7) is 4.74. The van der Waals surface area contributed by atoms with E-state index in [2.05, 4.69) is 139 Å². The van der Waals surface area contributed by atoms with Gasteiger partial charge in [-0.05, 0) is 74.7 Å². The van der Waals surface area contributed by atoms with Crippen LogP contribution >= 0.6 is 15.9 Å². The van der Waals surface area contributed by atoms with Crippen molar-refractivity contribution < 1.29 is 0 Å². The molecule has 0 amide bonds. The molecule has 5 aromatic rings. The number of hydrogen-bond acceptors (Lipinski definition) is 0. The van der Waals surface area contributed by atoms with Crippen molar-refractivity contribution in [2.45, 2.75) is 38.0 Å². The molecule has 0 aliphatic heterocycles. The van der Waals surface area contributed by atoms with E-state index in [0.29, 0.717) is 5.92 Å². The first kappa shape index (κ1) is 22.3. The van der Waals surface area contributed by atoms with Gasteiger partial charge >= 0.3 is 0 Å². The standard InChI is InChI=1S/C34H29Br/c1-34(2)32-13-6-5-11-30(32)31-21-17-25(22-33(31)34)28(20-16-23-14-18-26(35)19-15-23)29-12-7-9-24-8-3-4-10-27(24)29/h3-15,17-19,21-22,28H,16,20H2,1-2H3. The van der Waals surface area contributed by atoms with E-state index in [0.717, 1.165) is 17.3 Å². The van der Waals surface area contributed by atoms with Crippen molar-refractivity contribution in [2.75, 3.05) is 0 Å². The predicted molar refractivity (Wildman–Crippen MR) is 152 cm³/mol. The van der Waals surface area contributed by atoms with Crippen molar-refractivity contribution in [3.8, 4) is 11.1 Å². The summed E-state index contributed by atoms with van der Waals surface area (Å²) >= 11 is 3.58. The lowest BCUT2D eigenvalue weighted by molar-refractivity contribution is 0.655. The Balaban J connectivity index is 1.47. The first-order chi connectivity index (χ1) is 17.0. The summed E-state index contributed by atoms with van der Waals surface area (Å²) in [6, 6.07) is 40.5. The maximum absolute atomic E-state index is 3.58. The Labute approximate surface area is 216 Å². The third kappa shape index (κ3) is 3.93. The van der Waals surface area contributed by atoms with Crippen LogP contribution in [0.1, 0.15) is 54.0 Å². The van der Waals surface area contributed by atoms with Crippen molar-refractivity contribution in [1.29, 1.82) is 0 Å². The third-order valence-electron chi connectivity index (χ3n) is 7.84. The van der Waals surface area contributed by atoms with E-state index >= 15 is 0 Å². The SMILES string of the molecule is CC1(C)c2ccccc2-c2ccc(C(CCc3ccc(Br)cc3)c3cccc4ccccc34)cc21. The first-order valence-electron chi connectivity index (χ1n) is 12.5. The number of hydrogen-bond donors (Lipinski definition) is 0. The minimum atomic E-state index is 0.0109. The molecule has 0 bridgehead atoms. The van der Waals surface area contributed by atoms with Crippen molar-refractivity contribution in [3.63, 3.8) is 0 Å². The monoisotopic (exact) mass is 516 g/mol. The lowest BCUT2D eigenvalue weighted by Gasteiger charge is -2.25. The number of fused-ring (bicyclic) bond motifs is 4. The van der Waals surface area contributed by atoms with Gasteiger partial charge in [0.1, 0.15) is 0 Å². The molecule has 0 N–H and O–H groups in total. The minimum Gasteiger partial charge on any atom is -0.0619 e. The molecular weight excluding hydrogens is 488 g/mol. The van der Waals surface area contributed by atoms with E-state index in [1.54, 1.807) is 0 Å². The summed E-state index contributed by atoms with van der Waals surface area (Å²) in [7, 11) is 0. The molecule has 1 atom stereocenters. The smallest absolute Gasteiger partial charge is 0.0175 e. The largest absolute Gasteiger partial charge is 0.0619 e. The Bertz CT molecular complexity index is 1520. The third-order valence-corrected chi connectivity index (χ3v) is 8.37. The lowest BCUT2D eigenvalue weighted by Crippen LogP contribution is -2.15. The molecule has 0 nitrogen and oxygen atoms in total. The van der Waals surface area contributed by atoms with Crippen LogP contribution in [-0.4, -0.2) is 0 Å². The Morgan fingerprint density at radius 1 is 0.686 bits per heavy atom. The average Bonchev–Trinajstić information content (AvgIpc) is 3.12. The summed E-state index contributed by atoms with van der Waals surface area (Å²) in [4.78, 5) is 0. The Hall–Kier alpha value is -3.16. The van der Waals surface area contributed by atoms with Crippen LogP contribution in [0.4, 0.5) is 0 Å². The van der Waals surface area contributed by atoms with E-state index in [9.17, 15) is 0 Å². The van der Waals surface area contributed by atoms with Crippen LogP contribution in [0, 0.1) is 0 Å². The number of halogens is 1. The molecule has 1 heteroatoms. The molecule has 0 heterocycles. The fraction of sp³-hybridized carbons (Fsp3) is 0.176. The van der Waals surface area contributed by atoms with Crippen LogP contribution in [0.15, 0.2) is 114 Å². The number of aryl methyl sites for hydroxylation is 1. The summed E-state index contributed by atoms with van der Waals surface area (Å²) < 4.78 is 1.13. The van der Waals surface area contributed by atoms with Crippen LogP contribution in [0.5, 0.6) is 0 Å². The highest BCUT2D eigenvalue weighted by Crippen LogP contribution is 2.49. The number of benzene rings is 5. The van der Waals surface area contributed by atoms with Gasteiger partial charge in [-0.3, -0.25) is 0 Å². The van der Waals surface area contributed by atoms with Crippen LogP contribution < -0.4 is 0 Å². The summed E-state index contributed by atoms with van der Waals surface area (Å²) in [5.74, 6) is 0.328. The predicted octanol–water partition coefficient (Wildman–Crippen LogP) is 9.67. The molecule has 0 spiro atoms. The zero-order valence-corrected chi connectivity index (χ0v) is 21.8. The topological polar surface area (TPSA) is 0 Å². The normalized spacial score (nSPS) is 14.5. The highest BCUT2D eigenvalue weighted by molar-refractivity contribution is 9.10. The van der Waals surface area contributed by atoms with Gasteiger partial charge < -0.3 is 0 Å². The molecule has 35 heavy (non-hydrogen) atoms. The molecule has 0 aromatic heterocycles. The molecule has 1 aliphatic carbocycles. The maximum atomic E-state index is 3.58. The van der Waals surface area contributed by atoms with E-state index < -0.39 is 0 Å². The quantitative estimate of drug-likeness (QED) is 0.218. The van der Waals surface area contributed by atoms with Crippen LogP contribution in [0.3, 0.4) is 0 Å². The maximum Gasteiger partial charge on any atom is 0.0175 e. The van der Waals surface area contributed by atoms with Crippen molar-refractivity contribution in [1.82, 2.24) is 0 Å². The minimum absolute atomic E-state index is 0.0109. The van der Waals surface area contributed by atoms with Crippen molar-refractivity contribution >= 4 is 26.7 Å². The van der Waals surface area contributed by atoms with Gasteiger partial charge in [0.15, 0.2) is 0 Å². The molecule has 172 valence electrons. The van der Waals surface area contributed by atoms with Gasteiger partial charge in [0.2, 0.25) is 0 Å².